The van der Waals surface area contributed by atoms with Gasteiger partial charge in [-0.15, -0.1) is 0 Å². The standard InChI is InChI=1S/C53H44N4O4/c1-32-27-42(50(58)48(29-32)56-44-21-9-5-15-36(44)37-16-6-10-22-45(37)56)40-19-13-25-54-52(40)60-34(3)31-35(4)61-53-41(20-14-26-55-53)43-28-33(2)30-49(51(43)59)57-46-23-11-7-17-38(46)39-18-8-12-24-47(39)57/h5-30,34-35,58-59H,31H2,1-4H3/t34-,35-/m0/s1. The van der Waals surface area contributed by atoms with Crippen molar-refractivity contribution in [2.45, 2.75) is 46.3 Å². The molecular formula is C53H44N4O4. The third-order valence-corrected chi connectivity index (χ3v) is 11.5. The predicted octanol–water partition coefficient (Wildman–Crippen LogP) is 12.7. The first-order valence-electron chi connectivity index (χ1n) is 20.6. The zero-order chi connectivity index (χ0) is 41.8. The lowest BCUT2D eigenvalue weighted by atomic mass is 10.0. The number of aryl methyl sites for hydroxylation is 2. The largest absolute Gasteiger partial charge is 0.505 e. The van der Waals surface area contributed by atoms with E-state index in [0.717, 1.165) is 54.7 Å². The van der Waals surface area contributed by atoms with Gasteiger partial charge in [0, 0.05) is 62.6 Å². The molecular weight excluding hydrogens is 757 g/mol. The Kier molecular flexibility index (Phi) is 9.40. The number of phenolic OH excluding ortho intramolecular Hbond substituents is 2. The monoisotopic (exact) mass is 800 g/mol. The van der Waals surface area contributed by atoms with Gasteiger partial charge in [-0.2, -0.15) is 0 Å². The molecule has 0 saturated heterocycles. The van der Waals surface area contributed by atoms with E-state index in [0.29, 0.717) is 51.8 Å². The van der Waals surface area contributed by atoms with Crippen molar-refractivity contribution < 1.29 is 19.7 Å². The minimum Gasteiger partial charge on any atom is -0.505 e. The number of fused-ring (bicyclic) bond motifs is 6. The number of para-hydroxylation sites is 4. The fourth-order valence-electron chi connectivity index (χ4n) is 8.96. The molecule has 2 atom stereocenters. The molecule has 8 heteroatoms. The third kappa shape index (κ3) is 6.57. The van der Waals surface area contributed by atoms with Gasteiger partial charge in [-0.25, -0.2) is 9.97 Å². The van der Waals surface area contributed by atoms with Crippen LogP contribution in [0.5, 0.6) is 23.3 Å². The first-order chi connectivity index (χ1) is 29.7. The van der Waals surface area contributed by atoms with E-state index < -0.39 is 0 Å². The summed E-state index contributed by atoms with van der Waals surface area (Å²) in [6.45, 7) is 8.04. The highest BCUT2D eigenvalue weighted by Crippen LogP contribution is 2.44. The summed E-state index contributed by atoms with van der Waals surface area (Å²) in [5.41, 5.74) is 10.0. The smallest absolute Gasteiger partial charge is 0.221 e. The van der Waals surface area contributed by atoms with Gasteiger partial charge in [-0.1, -0.05) is 72.8 Å². The van der Waals surface area contributed by atoms with Gasteiger partial charge in [0.15, 0.2) is 0 Å². The SMILES string of the molecule is Cc1cc(-c2cccnc2O[C@@H](C)C[C@H](C)Oc2ncccc2-c2cc(C)cc(-n3c4ccccc4c4ccccc43)c2O)c(O)c(-n2c3ccccc3c3ccccc32)c1. The van der Waals surface area contributed by atoms with Crippen molar-refractivity contribution in [2.24, 2.45) is 0 Å². The van der Waals surface area contributed by atoms with Crippen LogP contribution in [0.1, 0.15) is 31.4 Å². The number of rotatable bonds is 10. The molecule has 2 N–H and O–H groups in total. The number of nitrogens with zero attached hydrogens (tertiary/aromatic N) is 4. The maximum absolute atomic E-state index is 12.1. The van der Waals surface area contributed by atoms with E-state index in [1.165, 1.54) is 0 Å². The van der Waals surface area contributed by atoms with Gasteiger partial charge in [0.05, 0.1) is 33.4 Å². The van der Waals surface area contributed by atoms with Gasteiger partial charge in [0.1, 0.15) is 23.7 Å². The number of hydrogen-bond acceptors (Lipinski definition) is 6. The highest BCUT2D eigenvalue weighted by molar-refractivity contribution is 6.10. The molecule has 8 nitrogen and oxygen atoms in total. The average Bonchev–Trinajstić information content (AvgIpc) is 3.78. The van der Waals surface area contributed by atoms with Crippen molar-refractivity contribution in [3.63, 3.8) is 0 Å². The van der Waals surface area contributed by atoms with Gasteiger partial charge >= 0.3 is 0 Å². The lowest BCUT2D eigenvalue weighted by Crippen LogP contribution is -2.23. The van der Waals surface area contributed by atoms with Crippen LogP contribution >= 0.6 is 0 Å². The average molecular weight is 801 g/mol. The molecule has 0 unspecified atom stereocenters. The van der Waals surface area contributed by atoms with Crippen molar-refractivity contribution in [2.75, 3.05) is 0 Å². The summed E-state index contributed by atoms with van der Waals surface area (Å²) in [5, 5.41) is 28.7. The quantitative estimate of drug-likeness (QED) is 0.143. The molecule has 0 spiro atoms. The Bertz CT molecular complexity index is 2970. The second kappa shape index (κ2) is 15.2. The first kappa shape index (κ1) is 37.7. The zero-order valence-electron chi connectivity index (χ0n) is 34.4. The molecule has 0 bridgehead atoms. The molecule has 61 heavy (non-hydrogen) atoms. The zero-order valence-corrected chi connectivity index (χ0v) is 34.4. The Morgan fingerprint density at radius 3 is 1.16 bits per heavy atom. The minimum atomic E-state index is -0.325. The molecule has 10 aromatic rings. The highest BCUT2D eigenvalue weighted by Gasteiger charge is 2.24. The fourth-order valence-corrected chi connectivity index (χ4v) is 8.96. The molecule has 0 radical (unpaired) electrons. The number of phenols is 2. The van der Waals surface area contributed by atoms with Crippen LogP contribution in [-0.4, -0.2) is 41.5 Å². The van der Waals surface area contributed by atoms with E-state index in [1.807, 2.05) is 125 Å². The third-order valence-electron chi connectivity index (χ3n) is 11.5. The Balaban J connectivity index is 0.936. The second-order valence-corrected chi connectivity index (χ2v) is 15.9. The van der Waals surface area contributed by atoms with Crippen LogP contribution in [-0.2, 0) is 0 Å². The Hall–Kier alpha value is -7.58. The number of aromatic hydroxyl groups is 2. The fraction of sp³-hybridized carbons (Fsp3) is 0.132. The molecule has 0 saturated carbocycles. The summed E-state index contributed by atoms with van der Waals surface area (Å²) in [6.07, 6.45) is 3.26. The van der Waals surface area contributed by atoms with Gasteiger partial charge in [-0.3, -0.25) is 0 Å². The normalized spacial score (nSPS) is 12.7. The molecule has 4 heterocycles. The van der Waals surface area contributed by atoms with E-state index in [1.54, 1.807) is 12.4 Å². The lowest BCUT2D eigenvalue weighted by Gasteiger charge is -2.22. The Morgan fingerprint density at radius 1 is 0.459 bits per heavy atom. The van der Waals surface area contributed by atoms with E-state index >= 15 is 0 Å². The highest BCUT2D eigenvalue weighted by atomic mass is 16.5. The van der Waals surface area contributed by atoms with Crippen LogP contribution in [0.4, 0.5) is 0 Å². The van der Waals surface area contributed by atoms with E-state index in [-0.39, 0.29) is 23.7 Å². The van der Waals surface area contributed by atoms with Gasteiger partial charge in [0.2, 0.25) is 11.8 Å². The summed E-state index contributed by atoms with van der Waals surface area (Å²) in [6, 6.07) is 48.6. The van der Waals surface area contributed by atoms with Crippen molar-refractivity contribution in [3.8, 4) is 56.9 Å². The summed E-state index contributed by atoms with van der Waals surface area (Å²) in [7, 11) is 0. The molecule has 0 aliphatic rings. The molecule has 4 aromatic heterocycles. The van der Waals surface area contributed by atoms with E-state index in [4.69, 9.17) is 9.47 Å². The van der Waals surface area contributed by atoms with Crippen LogP contribution < -0.4 is 9.47 Å². The molecule has 0 aliphatic heterocycles. The van der Waals surface area contributed by atoms with E-state index in [2.05, 4.69) is 67.6 Å². The lowest BCUT2D eigenvalue weighted by molar-refractivity contribution is 0.125. The summed E-state index contributed by atoms with van der Waals surface area (Å²) >= 11 is 0. The van der Waals surface area contributed by atoms with Gasteiger partial charge in [0.25, 0.3) is 0 Å². The van der Waals surface area contributed by atoms with Gasteiger partial charge < -0.3 is 28.8 Å². The minimum absolute atomic E-state index is 0.141. The number of pyridine rings is 2. The van der Waals surface area contributed by atoms with Crippen molar-refractivity contribution in [1.29, 1.82) is 0 Å². The number of aromatic nitrogens is 4. The van der Waals surface area contributed by atoms with Crippen molar-refractivity contribution in [3.05, 3.63) is 169 Å². The molecule has 0 fully saturated rings. The molecule has 0 amide bonds. The van der Waals surface area contributed by atoms with Gasteiger partial charge in [-0.05, 0) is 112 Å². The topological polar surface area (TPSA) is 94.6 Å². The van der Waals surface area contributed by atoms with Crippen molar-refractivity contribution >= 4 is 43.6 Å². The van der Waals surface area contributed by atoms with Crippen LogP contribution in [0.25, 0.3) is 77.2 Å². The predicted molar refractivity (Wildman–Crippen MR) is 246 cm³/mol. The maximum atomic E-state index is 12.1. The Labute approximate surface area is 353 Å². The summed E-state index contributed by atoms with van der Waals surface area (Å²) in [5.74, 6) is 1.11. The van der Waals surface area contributed by atoms with Crippen LogP contribution in [0, 0.1) is 13.8 Å². The molecule has 300 valence electrons. The Morgan fingerprint density at radius 2 is 0.803 bits per heavy atom. The van der Waals surface area contributed by atoms with Crippen LogP contribution in [0.2, 0.25) is 0 Å². The van der Waals surface area contributed by atoms with Crippen LogP contribution in [0.3, 0.4) is 0 Å². The van der Waals surface area contributed by atoms with Crippen LogP contribution in [0.15, 0.2) is 158 Å². The molecule has 6 aromatic carbocycles. The molecule has 10 rings (SSSR count). The number of ether oxygens (including phenoxy) is 2. The molecule has 0 aliphatic carbocycles. The van der Waals surface area contributed by atoms with E-state index in [9.17, 15) is 10.2 Å². The maximum Gasteiger partial charge on any atom is 0.221 e. The summed E-state index contributed by atoms with van der Waals surface area (Å²) < 4.78 is 17.4. The van der Waals surface area contributed by atoms with Crippen molar-refractivity contribution in [1.82, 2.24) is 19.1 Å². The first-order valence-corrected chi connectivity index (χ1v) is 20.6. The number of benzene rings is 6. The summed E-state index contributed by atoms with van der Waals surface area (Å²) in [4.78, 5) is 9.33. The number of hydrogen-bond donors (Lipinski definition) is 2. The second-order valence-electron chi connectivity index (χ2n) is 15.9.